The molecule has 10 nitrogen and oxygen atoms in total. The highest BCUT2D eigenvalue weighted by Gasteiger charge is 2.23. The lowest BCUT2D eigenvalue weighted by molar-refractivity contribution is 0.0951. The molecule has 178 valence electrons. The second kappa shape index (κ2) is 10.4. The van der Waals surface area contributed by atoms with Crippen molar-refractivity contribution >= 4 is 44.0 Å². The summed E-state index contributed by atoms with van der Waals surface area (Å²) < 4.78 is 27.8. The fourth-order valence-corrected chi connectivity index (χ4v) is 4.96. The maximum Gasteiger partial charge on any atom is 0.291 e. The zero-order valence-corrected chi connectivity index (χ0v) is 20.1. The second-order valence-corrected chi connectivity index (χ2v) is 10.2. The number of aryl methyl sites for hydroxylation is 1. The SMILES string of the molecule is Cc1ccc(C(=O)Nc2nnc(S(=O)(=O)Nc3ccccc3C(=O)NCc3cccnc3)s2)cc1. The van der Waals surface area contributed by atoms with Gasteiger partial charge in [-0.3, -0.25) is 24.6 Å². The fraction of sp³-hybridized carbons (Fsp3) is 0.0870. The van der Waals surface area contributed by atoms with Gasteiger partial charge in [0.15, 0.2) is 0 Å². The minimum Gasteiger partial charge on any atom is -0.348 e. The number of hydrogen-bond acceptors (Lipinski definition) is 8. The normalized spacial score (nSPS) is 11.0. The summed E-state index contributed by atoms with van der Waals surface area (Å²) in [5.74, 6) is -0.899. The summed E-state index contributed by atoms with van der Waals surface area (Å²) in [5, 5.41) is 12.8. The molecule has 0 saturated heterocycles. The van der Waals surface area contributed by atoms with Crippen LogP contribution in [0, 0.1) is 6.92 Å². The topological polar surface area (TPSA) is 143 Å². The molecule has 0 aliphatic carbocycles. The highest BCUT2D eigenvalue weighted by atomic mass is 32.2. The first-order valence-electron chi connectivity index (χ1n) is 10.3. The molecule has 4 rings (SSSR count). The van der Waals surface area contributed by atoms with E-state index in [4.69, 9.17) is 0 Å². The number of benzene rings is 2. The number of aromatic nitrogens is 3. The standard InChI is InChI=1S/C23H20N6O4S2/c1-15-8-10-17(11-9-15)20(30)26-22-27-28-23(34-22)35(32,33)29-19-7-3-2-6-18(19)21(31)25-14-16-5-4-12-24-13-16/h2-13,29H,14H2,1H3,(H,25,31)(H,26,27,30). The maximum absolute atomic E-state index is 12.9. The van der Waals surface area contributed by atoms with Crippen LogP contribution in [-0.4, -0.2) is 35.4 Å². The Balaban J connectivity index is 1.46. The van der Waals surface area contributed by atoms with Gasteiger partial charge < -0.3 is 5.32 Å². The van der Waals surface area contributed by atoms with Crippen LogP contribution in [0.1, 0.15) is 31.8 Å². The molecule has 0 unspecified atom stereocenters. The van der Waals surface area contributed by atoms with Gasteiger partial charge in [-0.25, -0.2) is 0 Å². The van der Waals surface area contributed by atoms with E-state index in [9.17, 15) is 18.0 Å². The molecule has 0 saturated carbocycles. The number of sulfonamides is 1. The van der Waals surface area contributed by atoms with Crippen LogP contribution in [0.2, 0.25) is 0 Å². The average molecular weight is 509 g/mol. The molecule has 0 fully saturated rings. The molecule has 0 bridgehead atoms. The van der Waals surface area contributed by atoms with Crippen molar-refractivity contribution in [1.29, 1.82) is 0 Å². The summed E-state index contributed by atoms with van der Waals surface area (Å²) >= 11 is 0.695. The molecule has 0 spiro atoms. The third kappa shape index (κ3) is 6.05. The molecule has 0 aliphatic heterocycles. The van der Waals surface area contributed by atoms with Crippen molar-refractivity contribution in [3.05, 3.63) is 95.3 Å². The minimum atomic E-state index is -4.17. The van der Waals surface area contributed by atoms with Crippen LogP contribution in [0.25, 0.3) is 0 Å². The summed E-state index contributed by atoms with van der Waals surface area (Å²) in [6, 6.07) is 16.7. The Bertz CT molecular complexity index is 1450. The predicted molar refractivity (Wildman–Crippen MR) is 132 cm³/mol. The summed E-state index contributed by atoms with van der Waals surface area (Å²) in [4.78, 5) is 29.1. The Labute approximate surface area is 205 Å². The first-order chi connectivity index (χ1) is 16.8. The molecule has 2 aromatic heterocycles. The number of carbonyl (C=O) groups is 2. The van der Waals surface area contributed by atoms with Crippen LogP contribution in [0.5, 0.6) is 0 Å². The molecule has 0 atom stereocenters. The van der Waals surface area contributed by atoms with E-state index in [-0.39, 0.29) is 27.3 Å². The zero-order chi connectivity index (χ0) is 24.8. The van der Waals surface area contributed by atoms with Crippen molar-refractivity contribution in [2.24, 2.45) is 0 Å². The second-order valence-electron chi connectivity index (χ2n) is 7.39. The molecule has 0 aliphatic rings. The van der Waals surface area contributed by atoms with Gasteiger partial charge in [-0.1, -0.05) is 47.2 Å². The van der Waals surface area contributed by atoms with E-state index in [1.54, 1.807) is 54.9 Å². The van der Waals surface area contributed by atoms with Crippen LogP contribution in [0.3, 0.4) is 0 Å². The van der Waals surface area contributed by atoms with E-state index in [2.05, 4.69) is 30.5 Å². The zero-order valence-electron chi connectivity index (χ0n) is 18.4. The third-order valence-corrected chi connectivity index (χ3v) is 7.33. The Morgan fingerprint density at radius 3 is 2.46 bits per heavy atom. The quantitative estimate of drug-likeness (QED) is 0.310. The largest absolute Gasteiger partial charge is 0.348 e. The van der Waals surface area contributed by atoms with Gasteiger partial charge in [0.05, 0.1) is 11.3 Å². The van der Waals surface area contributed by atoms with E-state index >= 15 is 0 Å². The number of amides is 2. The van der Waals surface area contributed by atoms with Crippen LogP contribution >= 0.6 is 11.3 Å². The van der Waals surface area contributed by atoms with E-state index in [0.29, 0.717) is 16.9 Å². The highest BCUT2D eigenvalue weighted by Crippen LogP contribution is 2.25. The van der Waals surface area contributed by atoms with Gasteiger partial charge in [0, 0.05) is 24.5 Å². The smallest absolute Gasteiger partial charge is 0.291 e. The Morgan fingerprint density at radius 1 is 0.943 bits per heavy atom. The van der Waals surface area contributed by atoms with Crippen molar-refractivity contribution in [3.8, 4) is 0 Å². The lowest BCUT2D eigenvalue weighted by atomic mass is 10.1. The van der Waals surface area contributed by atoms with E-state index < -0.39 is 21.8 Å². The van der Waals surface area contributed by atoms with Gasteiger partial charge in [0.25, 0.3) is 26.2 Å². The molecule has 2 amide bonds. The number of hydrogen-bond donors (Lipinski definition) is 3. The van der Waals surface area contributed by atoms with Crippen LogP contribution in [0.15, 0.2) is 77.4 Å². The maximum atomic E-state index is 12.9. The van der Waals surface area contributed by atoms with Crippen molar-refractivity contribution in [3.63, 3.8) is 0 Å². The van der Waals surface area contributed by atoms with Gasteiger partial charge in [-0.05, 0) is 42.8 Å². The van der Waals surface area contributed by atoms with Crippen LogP contribution < -0.4 is 15.4 Å². The molecule has 2 aromatic carbocycles. The fourth-order valence-electron chi connectivity index (χ4n) is 2.98. The first-order valence-corrected chi connectivity index (χ1v) is 12.6. The number of pyridine rings is 1. The number of nitrogens with one attached hydrogen (secondary N) is 3. The van der Waals surface area contributed by atoms with E-state index in [1.807, 2.05) is 13.0 Å². The van der Waals surface area contributed by atoms with Gasteiger partial charge in [-0.2, -0.15) is 8.42 Å². The number of rotatable bonds is 8. The lowest BCUT2D eigenvalue weighted by Crippen LogP contribution is -2.25. The van der Waals surface area contributed by atoms with Crippen LogP contribution in [0.4, 0.5) is 10.8 Å². The van der Waals surface area contributed by atoms with Crippen molar-refractivity contribution in [2.75, 3.05) is 10.0 Å². The number of para-hydroxylation sites is 1. The molecular weight excluding hydrogens is 488 g/mol. The van der Waals surface area contributed by atoms with E-state index in [1.165, 1.54) is 12.1 Å². The average Bonchev–Trinajstić information content (AvgIpc) is 3.33. The Kier molecular flexibility index (Phi) is 7.13. The molecule has 35 heavy (non-hydrogen) atoms. The molecule has 3 N–H and O–H groups in total. The van der Waals surface area contributed by atoms with Gasteiger partial charge in [-0.15, -0.1) is 10.2 Å². The monoisotopic (exact) mass is 508 g/mol. The first kappa shape index (κ1) is 24.0. The third-order valence-electron chi connectivity index (χ3n) is 4.76. The van der Waals surface area contributed by atoms with Crippen molar-refractivity contribution in [1.82, 2.24) is 20.5 Å². The van der Waals surface area contributed by atoms with Crippen LogP contribution in [-0.2, 0) is 16.6 Å². The minimum absolute atomic E-state index is 0.0263. The number of carbonyl (C=O) groups excluding carboxylic acids is 2. The summed E-state index contributed by atoms with van der Waals surface area (Å²) in [7, 11) is -4.17. The van der Waals surface area contributed by atoms with Gasteiger partial charge in [0.2, 0.25) is 5.13 Å². The molecule has 12 heteroatoms. The van der Waals surface area contributed by atoms with Crippen molar-refractivity contribution in [2.45, 2.75) is 17.8 Å². The summed E-state index contributed by atoms with van der Waals surface area (Å²) in [6.45, 7) is 2.13. The summed E-state index contributed by atoms with van der Waals surface area (Å²) in [5.41, 5.74) is 2.42. The van der Waals surface area contributed by atoms with Gasteiger partial charge in [0.1, 0.15) is 0 Å². The molecular formula is C23H20N6O4S2. The summed E-state index contributed by atoms with van der Waals surface area (Å²) in [6.07, 6.45) is 3.25. The van der Waals surface area contributed by atoms with Crippen molar-refractivity contribution < 1.29 is 18.0 Å². The lowest BCUT2D eigenvalue weighted by Gasteiger charge is -2.11. The van der Waals surface area contributed by atoms with Gasteiger partial charge >= 0.3 is 0 Å². The highest BCUT2D eigenvalue weighted by molar-refractivity contribution is 7.94. The Morgan fingerprint density at radius 2 is 1.71 bits per heavy atom. The number of anilines is 2. The number of nitrogens with zero attached hydrogens (tertiary/aromatic N) is 3. The molecule has 2 heterocycles. The Hall–Kier alpha value is -4.16. The molecule has 4 aromatic rings. The molecule has 0 radical (unpaired) electrons. The van der Waals surface area contributed by atoms with E-state index in [0.717, 1.165) is 11.1 Å². The predicted octanol–water partition coefficient (Wildman–Crippen LogP) is 3.22.